The summed E-state index contributed by atoms with van der Waals surface area (Å²) < 4.78 is 30.8. The molecule has 3 rings (SSSR count). The first-order valence-electron chi connectivity index (χ1n) is 7.09. The number of hydrogen-bond donors (Lipinski definition) is 0. The van der Waals surface area contributed by atoms with Gasteiger partial charge in [-0.3, -0.25) is 0 Å². The van der Waals surface area contributed by atoms with Gasteiger partial charge in [0.1, 0.15) is 5.75 Å². The summed E-state index contributed by atoms with van der Waals surface area (Å²) in [5.74, 6) is 1.18. The fourth-order valence-electron chi connectivity index (χ4n) is 2.50. The third-order valence-electron chi connectivity index (χ3n) is 3.83. The first-order valence-corrected chi connectivity index (χ1v) is 8.57. The van der Waals surface area contributed by atoms with Crippen molar-refractivity contribution in [1.82, 2.24) is 0 Å². The van der Waals surface area contributed by atoms with Gasteiger partial charge in [-0.2, -0.15) is 0 Å². The Kier molecular flexibility index (Phi) is 3.49. The van der Waals surface area contributed by atoms with Crippen LogP contribution in [0.25, 0.3) is 0 Å². The van der Waals surface area contributed by atoms with Crippen LogP contribution in [0, 0.1) is 0 Å². The van der Waals surface area contributed by atoms with E-state index in [9.17, 15) is 8.42 Å². The standard InChI is InChI=1S/C17H18O3S/c1-12(2)13-3-5-15(6-4-13)21(18,19)16-7-8-17-14(11-16)9-10-20-17/h3-8,11-12H,9-10H2,1-2H3. The Morgan fingerprint density at radius 2 is 1.67 bits per heavy atom. The molecule has 0 saturated heterocycles. The van der Waals surface area contributed by atoms with E-state index in [1.807, 2.05) is 12.1 Å². The summed E-state index contributed by atoms with van der Waals surface area (Å²) in [5, 5.41) is 0. The highest BCUT2D eigenvalue weighted by molar-refractivity contribution is 7.91. The summed E-state index contributed by atoms with van der Waals surface area (Å²) >= 11 is 0. The van der Waals surface area contributed by atoms with E-state index in [4.69, 9.17) is 4.74 Å². The van der Waals surface area contributed by atoms with E-state index in [1.165, 1.54) is 0 Å². The van der Waals surface area contributed by atoms with Crippen LogP contribution in [0.2, 0.25) is 0 Å². The maximum atomic E-state index is 12.7. The molecule has 0 fully saturated rings. The minimum Gasteiger partial charge on any atom is -0.493 e. The molecule has 0 spiro atoms. The summed E-state index contributed by atoms with van der Waals surface area (Å²) in [5.41, 5.74) is 2.10. The zero-order valence-corrected chi connectivity index (χ0v) is 13.0. The van der Waals surface area contributed by atoms with Gasteiger partial charge in [0, 0.05) is 6.42 Å². The Hall–Kier alpha value is -1.81. The Labute approximate surface area is 125 Å². The third-order valence-corrected chi connectivity index (χ3v) is 5.60. The Balaban J connectivity index is 2.00. The van der Waals surface area contributed by atoms with Gasteiger partial charge in [0.2, 0.25) is 9.84 Å². The Morgan fingerprint density at radius 1 is 1.00 bits per heavy atom. The van der Waals surface area contributed by atoms with Gasteiger partial charge in [-0.1, -0.05) is 26.0 Å². The monoisotopic (exact) mass is 302 g/mol. The lowest BCUT2D eigenvalue weighted by Gasteiger charge is -2.09. The topological polar surface area (TPSA) is 43.4 Å². The predicted octanol–water partition coefficient (Wildman–Crippen LogP) is 3.58. The van der Waals surface area contributed by atoms with Gasteiger partial charge in [0.05, 0.1) is 16.4 Å². The third kappa shape index (κ3) is 2.56. The van der Waals surface area contributed by atoms with Gasteiger partial charge in [0.15, 0.2) is 0 Å². The molecule has 0 N–H and O–H groups in total. The fraction of sp³-hybridized carbons (Fsp3) is 0.294. The highest BCUT2D eigenvalue weighted by Crippen LogP contribution is 2.30. The first-order chi connectivity index (χ1) is 9.98. The first kappa shape index (κ1) is 14.1. The van der Waals surface area contributed by atoms with Gasteiger partial charge < -0.3 is 4.74 Å². The lowest BCUT2D eigenvalue weighted by molar-refractivity contribution is 0.356. The SMILES string of the molecule is CC(C)c1ccc(S(=O)(=O)c2ccc3c(c2)CCO3)cc1. The molecule has 21 heavy (non-hydrogen) atoms. The number of hydrogen-bond acceptors (Lipinski definition) is 3. The van der Waals surface area contributed by atoms with E-state index in [2.05, 4.69) is 13.8 Å². The zero-order chi connectivity index (χ0) is 15.0. The van der Waals surface area contributed by atoms with E-state index in [1.54, 1.807) is 30.3 Å². The van der Waals surface area contributed by atoms with Crippen LogP contribution >= 0.6 is 0 Å². The molecule has 0 aromatic heterocycles. The second-order valence-corrected chi connectivity index (χ2v) is 7.54. The van der Waals surface area contributed by atoms with Crippen LogP contribution in [0.3, 0.4) is 0 Å². The normalized spacial score (nSPS) is 14.0. The van der Waals surface area contributed by atoms with Crippen LogP contribution in [0.15, 0.2) is 52.3 Å². The molecule has 1 aliphatic heterocycles. The van der Waals surface area contributed by atoms with E-state index < -0.39 is 9.84 Å². The quantitative estimate of drug-likeness (QED) is 0.870. The highest BCUT2D eigenvalue weighted by atomic mass is 32.2. The molecule has 0 saturated carbocycles. The number of rotatable bonds is 3. The number of fused-ring (bicyclic) bond motifs is 1. The fourth-order valence-corrected chi connectivity index (χ4v) is 3.81. The highest BCUT2D eigenvalue weighted by Gasteiger charge is 2.21. The minimum atomic E-state index is -3.46. The molecule has 2 aromatic rings. The van der Waals surface area contributed by atoms with Crippen molar-refractivity contribution < 1.29 is 13.2 Å². The molecule has 4 heteroatoms. The van der Waals surface area contributed by atoms with Crippen molar-refractivity contribution in [2.24, 2.45) is 0 Å². The lowest BCUT2D eigenvalue weighted by Crippen LogP contribution is -2.03. The molecule has 0 aliphatic carbocycles. The van der Waals surface area contributed by atoms with Crippen molar-refractivity contribution in [3.63, 3.8) is 0 Å². The maximum absolute atomic E-state index is 12.7. The second kappa shape index (κ2) is 5.19. The maximum Gasteiger partial charge on any atom is 0.206 e. The van der Waals surface area contributed by atoms with Crippen molar-refractivity contribution in [1.29, 1.82) is 0 Å². The van der Waals surface area contributed by atoms with Crippen LogP contribution in [0.1, 0.15) is 30.9 Å². The summed E-state index contributed by atoms with van der Waals surface area (Å²) in [6, 6.07) is 12.2. The van der Waals surface area contributed by atoms with Crippen molar-refractivity contribution in [2.75, 3.05) is 6.61 Å². The van der Waals surface area contributed by atoms with Crippen LogP contribution in [0.5, 0.6) is 5.75 Å². The van der Waals surface area contributed by atoms with Gasteiger partial charge in [-0.15, -0.1) is 0 Å². The van der Waals surface area contributed by atoms with Crippen LogP contribution < -0.4 is 4.74 Å². The summed E-state index contributed by atoms with van der Waals surface area (Å²) in [7, 11) is -3.46. The van der Waals surface area contributed by atoms with Crippen molar-refractivity contribution in [2.45, 2.75) is 36.0 Å². The lowest BCUT2D eigenvalue weighted by atomic mass is 10.0. The molecule has 2 aromatic carbocycles. The molecular weight excluding hydrogens is 284 g/mol. The molecule has 1 heterocycles. The Morgan fingerprint density at radius 3 is 2.33 bits per heavy atom. The van der Waals surface area contributed by atoms with Crippen molar-refractivity contribution >= 4 is 9.84 Å². The molecule has 0 amide bonds. The van der Waals surface area contributed by atoms with Gasteiger partial charge >= 0.3 is 0 Å². The number of ether oxygens (including phenoxy) is 1. The molecule has 0 atom stereocenters. The van der Waals surface area contributed by atoms with Crippen LogP contribution in [0.4, 0.5) is 0 Å². The molecule has 3 nitrogen and oxygen atoms in total. The van der Waals surface area contributed by atoms with E-state index in [0.717, 1.165) is 23.3 Å². The van der Waals surface area contributed by atoms with Gasteiger partial charge in [0.25, 0.3) is 0 Å². The molecule has 0 radical (unpaired) electrons. The minimum absolute atomic E-state index is 0.337. The van der Waals surface area contributed by atoms with Crippen molar-refractivity contribution in [3.05, 3.63) is 53.6 Å². The summed E-state index contributed by atoms with van der Waals surface area (Å²) in [4.78, 5) is 0.676. The summed E-state index contributed by atoms with van der Waals surface area (Å²) in [6.45, 7) is 4.80. The van der Waals surface area contributed by atoms with Crippen molar-refractivity contribution in [3.8, 4) is 5.75 Å². The average molecular weight is 302 g/mol. The van der Waals surface area contributed by atoms with Crippen LogP contribution in [-0.4, -0.2) is 15.0 Å². The molecule has 0 bridgehead atoms. The largest absolute Gasteiger partial charge is 0.493 e. The Bertz CT molecular complexity index is 759. The average Bonchev–Trinajstić information content (AvgIpc) is 2.94. The predicted molar refractivity (Wildman–Crippen MR) is 81.6 cm³/mol. The van der Waals surface area contributed by atoms with E-state index in [0.29, 0.717) is 22.3 Å². The number of sulfone groups is 1. The van der Waals surface area contributed by atoms with Gasteiger partial charge in [-0.25, -0.2) is 8.42 Å². The second-order valence-electron chi connectivity index (χ2n) is 5.60. The van der Waals surface area contributed by atoms with Crippen LogP contribution in [-0.2, 0) is 16.3 Å². The molecule has 1 aliphatic rings. The van der Waals surface area contributed by atoms with E-state index >= 15 is 0 Å². The molecule has 0 unspecified atom stereocenters. The molecule has 110 valence electrons. The molecular formula is C17H18O3S. The van der Waals surface area contributed by atoms with Gasteiger partial charge in [-0.05, 0) is 47.4 Å². The zero-order valence-electron chi connectivity index (χ0n) is 12.2. The smallest absolute Gasteiger partial charge is 0.206 e. The summed E-state index contributed by atoms with van der Waals surface area (Å²) in [6.07, 6.45) is 0.769. The van der Waals surface area contributed by atoms with E-state index in [-0.39, 0.29) is 0 Å². The number of benzene rings is 2.